The summed E-state index contributed by atoms with van der Waals surface area (Å²) in [7, 11) is 0. The molecule has 142 valence electrons. The number of hydrazone groups is 1. The van der Waals surface area contributed by atoms with E-state index in [4.69, 9.17) is 16.3 Å². The summed E-state index contributed by atoms with van der Waals surface area (Å²) in [5.74, 6) is 0.836. The molecule has 2 aromatic carbocycles. The van der Waals surface area contributed by atoms with Crippen LogP contribution in [-0.4, -0.2) is 16.1 Å². The molecule has 0 spiro atoms. The van der Waals surface area contributed by atoms with E-state index in [-0.39, 0.29) is 11.5 Å². The molecule has 28 heavy (non-hydrogen) atoms. The molecular formula is C19H14ClIN4O3. The molecule has 0 saturated carbocycles. The Hall–Kier alpha value is -2.72. The second-order valence-corrected chi connectivity index (χ2v) is 7.20. The zero-order valence-electron chi connectivity index (χ0n) is 14.4. The van der Waals surface area contributed by atoms with Gasteiger partial charge in [0.15, 0.2) is 0 Å². The molecule has 3 aromatic rings. The van der Waals surface area contributed by atoms with Crippen molar-refractivity contribution >= 4 is 51.9 Å². The summed E-state index contributed by atoms with van der Waals surface area (Å²) in [4.78, 5) is 14.4. The summed E-state index contributed by atoms with van der Waals surface area (Å²) in [5.41, 5.74) is 4.30. The number of benzene rings is 2. The van der Waals surface area contributed by atoms with Gasteiger partial charge in [-0.05, 0) is 70.1 Å². The first-order chi connectivity index (χ1) is 13.5. The Kier molecular flexibility index (Phi) is 6.77. The Morgan fingerprint density at radius 1 is 1.25 bits per heavy atom. The average molecular weight is 509 g/mol. The lowest BCUT2D eigenvalue weighted by Gasteiger charge is -2.09. The number of nitro groups is 1. The Balaban J connectivity index is 1.63. The molecule has 0 aliphatic heterocycles. The van der Waals surface area contributed by atoms with E-state index in [1.807, 2.05) is 42.5 Å². The predicted molar refractivity (Wildman–Crippen MR) is 117 cm³/mol. The van der Waals surface area contributed by atoms with Crippen molar-refractivity contribution in [1.29, 1.82) is 0 Å². The summed E-state index contributed by atoms with van der Waals surface area (Å²) in [6.07, 6.45) is 3.02. The fourth-order valence-electron chi connectivity index (χ4n) is 2.25. The first kappa shape index (κ1) is 20.0. The predicted octanol–water partition coefficient (Wildman–Crippen LogP) is 5.27. The molecule has 0 aliphatic carbocycles. The Morgan fingerprint density at radius 3 is 2.75 bits per heavy atom. The molecule has 0 atom stereocenters. The van der Waals surface area contributed by atoms with E-state index in [0.29, 0.717) is 11.6 Å². The van der Waals surface area contributed by atoms with Crippen LogP contribution in [0.15, 0.2) is 65.9 Å². The van der Waals surface area contributed by atoms with Gasteiger partial charge in [0.05, 0.1) is 14.7 Å². The maximum Gasteiger partial charge on any atom is 0.313 e. The van der Waals surface area contributed by atoms with Crippen molar-refractivity contribution in [3.8, 4) is 5.75 Å². The minimum atomic E-state index is -0.513. The summed E-state index contributed by atoms with van der Waals surface area (Å²) in [5, 5.41) is 15.7. The van der Waals surface area contributed by atoms with Crippen LogP contribution in [0.3, 0.4) is 0 Å². The number of halogens is 2. The van der Waals surface area contributed by atoms with Gasteiger partial charge in [0.25, 0.3) is 0 Å². The highest BCUT2D eigenvalue weighted by molar-refractivity contribution is 14.1. The Labute approximate surface area is 179 Å². The van der Waals surface area contributed by atoms with E-state index in [0.717, 1.165) is 20.4 Å². The van der Waals surface area contributed by atoms with Gasteiger partial charge in [-0.2, -0.15) is 5.10 Å². The molecule has 9 heteroatoms. The number of anilines is 1. The van der Waals surface area contributed by atoms with Crippen LogP contribution in [0.5, 0.6) is 5.75 Å². The van der Waals surface area contributed by atoms with Gasteiger partial charge in [0.2, 0.25) is 5.82 Å². The normalized spacial score (nSPS) is 10.8. The largest absolute Gasteiger partial charge is 0.488 e. The molecule has 0 fully saturated rings. The third-order valence-electron chi connectivity index (χ3n) is 3.63. The summed E-state index contributed by atoms with van der Waals surface area (Å²) in [6, 6.07) is 15.9. The lowest BCUT2D eigenvalue weighted by molar-refractivity contribution is -0.384. The van der Waals surface area contributed by atoms with Gasteiger partial charge in [0.1, 0.15) is 12.4 Å². The van der Waals surface area contributed by atoms with E-state index < -0.39 is 4.92 Å². The van der Waals surface area contributed by atoms with Gasteiger partial charge in [-0.15, -0.1) is 0 Å². The number of rotatable bonds is 7. The summed E-state index contributed by atoms with van der Waals surface area (Å²) in [6.45, 7) is 0.436. The molecule has 1 heterocycles. The zero-order chi connectivity index (χ0) is 19.9. The van der Waals surface area contributed by atoms with Gasteiger partial charge in [-0.25, -0.2) is 4.98 Å². The Morgan fingerprint density at radius 2 is 2.04 bits per heavy atom. The number of nitrogens with zero attached hydrogens (tertiary/aromatic N) is 3. The molecule has 3 rings (SSSR count). The molecule has 0 amide bonds. The van der Waals surface area contributed by atoms with Gasteiger partial charge >= 0.3 is 5.69 Å². The molecule has 1 aromatic heterocycles. The van der Waals surface area contributed by atoms with Crippen molar-refractivity contribution < 1.29 is 9.66 Å². The third kappa shape index (κ3) is 5.40. The molecule has 0 bridgehead atoms. The van der Waals surface area contributed by atoms with Crippen molar-refractivity contribution in [1.82, 2.24) is 4.98 Å². The third-order valence-corrected chi connectivity index (χ3v) is 4.73. The van der Waals surface area contributed by atoms with E-state index >= 15 is 0 Å². The standard InChI is InChI=1S/C19H14ClIN4O3/c20-15-6-3-13(4-7-15)12-28-18-8-5-14(10-16(18)21)11-23-24-19-17(25(26)27)2-1-9-22-19/h1-11H,12H2,(H,22,24)/b23-11-. The van der Waals surface area contributed by atoms with Crippen LogP contribution in [0.25, 0.3) is 0 Å². The van der Waals surface area contributed by atoms with E-state index in [1.54, 1.807) is 6.21 Å². The number of pyridine rings is 1. The van der Waals surface area contributed by atoms with E-state index in [1.165, 1.54) is 18.3 Å². The maximum absolute atomic E-state index is 11.0. The minimum Gasteiger partial charge on any atom is -0.488 e. The monoisotopic (exact) mass is 508 g/mol. The lowest BCUT2D eigenvalue weighted by Crippen LogP contribution is -1.99. The van der Waals surface area contributed by atoms with Gasteiger partial charge in [0, 0.05) is 17.3 Å². The average Bonchev–Trinajstić information content (AvgIpc) is 2.69. The van der Waals surface area contributed by atoms with Gasteiger partial charge < -0.3 is 4.74 Å². The molecule has 1 N–H and O–H groups in total. The summed E-state index contributed by atoms with van der Waals surface area (Å²) < 4.78 is 6.75. The van der Waals surface area contributed by atoms with Crippen LogP contribution in [0.4, 0.5) is 11.5 Å². The molecular weight excluding hydrogens is 495 g/mol. The first-order valence-corrected chi connectivity index (χ1v) is 9.54. The molecule has 0 radical (unpaired) electrons. The van der Waals surface area contributed by atoms with Crippen molar-refractivity contribution in [2.24, 2.45) is 5.10 Å². The lowest BCUT2D eigenvalue weighted by atomic mass is 10.2. The first-order valence-electron chi connectivity index (χ1n) is 8.08. The highest BCUT2D eigenvalue weighted by Gasteiger charge is 2.12. The molecule has 0 aliphatic rings. The molecule has 0 saturated heterocycles. The minimum absolute atomic E-state index is 0.0846. The number of aromatic nitrogens is 1. The van der Waals surface area contributed by atoms with Crippen molar-refractivity contribution in [3.63, 3.8) is 0 Å². The molecule has 7 nitrogen and oxygen atoms in total. The fourth-order valence-corrected chi connectivity index (χ4v) is 3.08. The number of hydrogen-bond acceptors (Lipinski definition) is 6. The van der Waals surface area contributed by atoms with Crippen LogP contribution >= 0.6 is 34.2 Å². The second kappa shape index (κ2) is 9.47. The Bertz CT molecular complexity index is 1010. The SMILES string of the molecule is O=[N+]([O-])c1cccnc1N/N=C\c1ccc(OCc2ccc(Cl)cc2)c(I)c1. The van der Waals surface area contributed by atoms with Crippen molar-refractivity contribution in [3.05, 3.63) is 90.6 Å². The van der Waals surface area contributed by atoms with Crippen molar-refractivity contribution in [2.75, 3.05) is 5.43 Å². The maximum atomic E-state index is 11.0. The smallest absolute Gasteiger partial charge is 0.313 e. The molecule has 0 unspecified atom stereocenters. The van der Waals surface area contributed by atoms with E-state index in [9.17, 15) is 10.1 Å². The van der Waals surface area contributed by atoms with Gasteiger partial charge in [-0.1, -0.05) is 23.7 Å². The van der Waals surface area contributed by atoms with E-state index in [2.05, 4.69) is 38.1 Å². The number of nitrogens with one attached hydrogen (secondary N) is 1. The fraction of sp³-hybridized carbons (Fsp3) is 0.0526. The highest BCUT2D eigenvalue weighted by atomic mass is 127. The van der Waals surface area contributed by atoms with Gasteiger partial charge in [-0.3, -0.25) is 15.5 Å². The van der Waals surface area contributed by atoms with Crippen LogP contribution in [0, 0.1) is 13.7 Å². The zero-order valence-corrected chi connectivity index (χ0v) is 17.3. The van der Waals surface area contributed by atoms with Crippen LogP contribution in [-0.2, 0) is 6.61 Å². The summed E-state index contributed by atoms with van der Waals surface area (Å²) >= 11 is 8.06. The second-order valence-electron chi connectivity index (χ2n) is 5.60. The highest BCUT2D eigenvalue weighted by Crippen LogP contribution is 2.23. The van der Waals surface area contributed by atoms with Crippen LogP contribution in [0.1, 0.15) is 11.1 Å². The van der Waals surface area contributed by atoms with Crippen LogP contribution < -0.4 is 10.2 Å². The van der Waals surface area contributed by atoms with Crippen molar-refractivity contribution in [2.45, 2.75) is 6.61 Å². The quantitative estimate of drug-likeness (QED) is 0.203. The topological polar surface area (TPSA) is 89.7 Å². The van der Waals surface area contributed by atoms with Crippen LogP contribution in [0.2, 0.25) is 5.02 Å². The number of ether oxygens (including phenoxy) is 1. The number of hydrogen-bond donors (Lipinski definition) is 1.